The van der Waals surface area contributed by atoms with Gasteiger partial charge in [-0.25, -0.2) is 4.98 Å². The average molecular weight is 449 g/mol. The molecule has 0 saturated heterocycles. The largest absolute Gasteiger partial charge is 0.497 e. The third-order valence-electron chi connectivity index (χ3n) is 4.01. The predicted molar refractivity (Wildman–Crippen MR) is 120 cm³/mol. The molecule has 0 fully saturated rings. The number of carbonyl (C=O) groups excluding carboxylic acids is 1. The molecule has 0 saturated carbocycles. The summed E-state index contributed by atoms with van der Waals surface area (Å²) in [5, 5.41) is 8.63. The molecule has 9 heteroatoms. The highest BCUT2D eigenvalue weighted by molar-refractivity contribution is 7.17. The molecule has 150 valence electrons. The molecule has 3 rings (SSSR count). The van der Waals surface area contributed by atoms with Crippen LogP contribution >= 0.6 is 34.5 Å². The molecule has 0 aliphatic heterocycles. The van der Waals surface area contributed by atoms with Crippen molar-refractivity contribution in [2.24, 2.45) is 5.10 Å². The first-order valence-corrected chi connectivity index (χ1v) is 10.1. The van der Waals surface area contributed by atoms with Crippen LogP contribution in [0.4, 0.5) is 10.8 Å². The van der Waals surface area contributed by atoms with Crippen molar-refractivity contribution >= 4 is 57.0 Å². The predicted octanol–water partition coefficient (Wildman–Crippen LogP) is 5.86. The smallest absolute Gasteiger partial charge is 0.267 e. The number of benzene rings is 2. The fourth-order valence-corrected chi connectivity index (χ4v) is 3.54. The van der Waals surface area contributed by atoms with Crippen LogP contribution < -0.4 is 15.5 Å². The van der Waals surface area contributed by atoms with E-state index >= 15 is 0 Å². The molecule has 0 aliphatic rings. The molecule has 0 aliphatic carbocycles. The molecule has 1 aromatic heterocycles. The van der Waals surface area contributed by atoms with Crippen LogP contribution in [0.1, 0.15) is 27.9 Å². The number of nitrogens with one attached hydrogen (secondary N) is 2. The van der Waals surface area contributed by atoms with Crippen molar-refractivity contribution in [1.82, 2.24) is 4.98 Å². The van der Waals surface area contributed by atoms with Gasteiger partial charge < -0.3 is 10.1 Å². The number of hydrogen-bond acceptors (Lipinski definition) is 6. The Kier molecular flexibility index (Phi) is 6.74. The van der Waals surface area contributed by atoms with Crippen molar-refractivity contribution in [3.63, 3.8) is 0 Å². The maximum atomic E-state index is 12.6. The van der Waals surface area contributed by atoms with Crippen LogP contribution in [0.2, 0.25) is 10.0 Å². The molecule has 0 spiro atoms. The molecule has 0 bridgehead atoms. The first kappa shape index (κ1) is 21.1. The number of thiazole rings is 1. The molecule has 0 unspecified atom stereocenters. The summed E-state index contributed by atoms with van der Waals surface area (Å²) in [6, 6.07) is 12.4. The Balaban J connectivity index is 1.70. The van der Waals surface area contributed by atoms with Crippen LogP contribution in [0.5, 0.6) is 5.75 Å². The van der Waals surface area contributed by atoms with Gasteiger partial charge in [0.15, 0.2) is 0 Å². The minimum Gasteiger partial charge on any atom is -0.497 e. The van der Waals surface area contributed by atoms with E-state index in [0.29, 0.717) is 37.1 Å². The average Bonchev–Trinajstić information content (AvgIpc) is 3.09. The number of ether oxygens (including phenoxy) is 1. The molecule has 1 amide bonds. The SMILES string of the molecule is COc1ccc(NC(=O)c2sc(N/N=C(\C)c3ccc(Cl)c(Cl)c3)nc2C)cc1. The van der Waals surface area contributed by atoms with E-state index < -0.39 is 0 Å². The highest BCUT2D eigenvalue weighted by Gasteiger charge is 2.15. The third kappa shape index (κ3) is 5.26. The Morgan fingerprint density at radius 1 is 1.14 bits per heavy atom. The number of methoxy groups -OCH3 is 1. The summed E-state index contributed by atoms with van der Waals surface area (Å²) in [7, 11) is 1.59. The number of aromatic nitrogens is 1. The lowest BCUT2D eigenvalue weighted by Crippen LogP contribution is -2.11. The molecule has 1 heterocycles. The zero-order valence-corrected chi connectivity index (χ0v) is 18.2. The molecule has 0 atom stereocenters. The normalized spacial score (nSPS) is 11.3. The zero-order chi connectivity index (χ0) is 21.0. The summed E-state index contributed by atoms with van der Waals surface area (Å²) in [6.45, 7) is 3.62. The number of aryl methyl sites for hydroxylation is 1. The topological polar surface area (TPSA) is 75.6 Å². The summed E-state index contributed by atoms with van der Waals surface area (Å²) in [5.74, 6) is 0.488. The van der Waals surface area contributed by atoms with Gasteiger partial charge in [0.05, 0.1) is 28.6 Å². The Hall–Kier alpha value is -2.61. The number of halogens is 2. The summed E-state index contributed by atoms with van der Waals surface area (Å²) >= 11 is 13.2. The second-order valence-corrected chi connectivity index (χ2v) is 7.87. The number of nitrogens with zero attached hydrogens (tertiary/aromatic N) is 2. The molecule has 2 aromatic carbocycles. The number of rotatable bonds is 6. The van der Waals surface area contributed by atoms with E-state index in [1.807, 2.05) is 13.0 Å². The number of hydrazone groups is 1. The van der Waals surface area contributed by atoms with Gasteiger partial charge in [-0.3, -0.25) is 10.2 Å². The van der Waals surface area contributed by atoms with Crippen LogP contribution in [-0.2, 0) is 0 Å². The molecule has 6 nitrogen and oxygen atoms in total. The van der Waals surface area contributed by atoms with Crippen molar-refractivity contribution < 1.29 is 9.53 Å². The monoisotopic (exact) mass is 448 g/mol. The van der Waals surface area contributed by atoms with E-state index in [4.69, 9.17) is 27.9 Å². The lowest BCUT2D eigenvalue weighted by atomic mass is 10.1. The summed E-state index contributed by atoms with van der Waals surface area (Å²) < 4.78 is 5.12. The molecular formula is C20H18Cl2N4O2S. The Morgan fingerprint density at radius 2 is 1.86 bits per heavy atom. The lowest BCUT2D eigenvalue weighted by Gasteiger charge is -2.05. The van der Waals surface area contributed by atoms with Gasteiger partial charge in [-0.1, -0.05) is 40.6 Å². The molecule has 2 N–H and O–H groups in total. The molecule has 29 heavy (non-hydrogen) atoms. The minimum atomic E-state index is -0.233. The van der Waals surface area contributed by atoms with E-state index in [2.05, 4.69) is 20.8 Å². The molecular weight excluding hydrogens is 431 g/mol. The van der Waals surface area contributed by atoms with E-state index in [9.17, 15) is 4.79 Å². The molecule has 3 aromatic rings. The van der Waals surface area contributed by atoms with Gasteiger partial charge >= 0.3 is 0 Å². The minimum absolute atomic E-state index is 0.233. The van der Waals surface area contributed by atoms with Gasteiger partial charge in [0, 0.05) is 5.69 Å². The van der Waals surface area contributed by atoms with Crippen molar-refractivity contribution in [2.75, 3.05) is 17.9 Å². The Morgan fingerprint density at radius 3 is 2.52 bits per heavy atom. The second kappa shape index (κ2) is 9.26. The fraction of sp³-hybridized carbons (Fsp3) is 0.150. The van der Waals surface area contributed by atoms with Gasteiger partial charge in [0.1, 0.15) is 10.6 Å². The van der Waals surface area contributed by atoms with Crippen LogP contribution in [0, 0.1) is 6.92 Å². The second-order valence-electron chi connectivity index (χ2n) is 6.05. The van der Waals surface area contributed by atoms with Gasteiger partial charge in [-0.15, -0.1) is 0 Å². The maximum Gasteiger partial charge on any atom is 0.267 e. The summed E-state index contributed by atoms with van der Waals surface area (Å²) in [5.41, 5.74) is 5.72. The van der Waals surface area contributed by atoms with Crippen molar-refractivity contribution in [2.45, 2.75) is 13.8 Å². The van der Waals surface area contributed by atoms with Crippen LogP contribution in [0.15, 0.2) is 47.6 Å². The van der Waals surface area contributed by atoms with Gasteiger partial charge in [-0.2, -0.15) is 5.10 Å². The number of amides is 1. The zero-order valence-electron chi connectivity index (χ0n) is 15.9. The van der Waals surface area contributed by atoms with Gasteiger partial charge in [-0.05, 0) is 55.8 Å². The van der Waals surface area contributed by atoms with Gasteiger partial charge in [0.25, 0.3) is 5.91 Å². The highest BCUT2D eigenvalue weighted by Crippen LogP contribution is 2.25. The van der Waals surface area contributed by atoms with Crippen molar-refractivity contribution in [1.29, 1.82) is 0 Å². The fourth-order valence-electron chi connectivity index (χ4n) is 2.43. The van der Waals surface area contributed by atoms with E-state index in [1.165, 1.54) is 11.3 Å². The summed E-state index contributed by atoms with van der Waals surface area (Å²) in [6.07, 6.45) is 0. The van der Waals surface area contributed by atoms with Crippen LogP contribution in [0.3, 0.4) is 0 Å². The maximum absolute atomic E-state index is 12.6. The van der Waals surface area contributed by atoms with Crippen molar-refractivity contribution in [3.05, 3.63) is 68.6 Å². The summed E-state index contributed by atoms with van der Waals surface area (Å²) in [4.78, 5) is 17.4. The third-order valence-corrected chi connectivity index (χ3v) is 5.81. The van der Waals surface area contributed by atoms with E-state index in [1.54, 1.807) is 50.4 Å². The Bertz CT molecular complexity index is 1060. The highest BCUT2D eigenvalue weighted by atomic mass is 35.5. The number of hydrogen-bond donors (Lipinski definition) is 2. The first-order chi connectivity index (χ1) is 13.9. The van der Waals surface area contributed by atoms with E-state index in [-0.39, 0.29) is 5.91 Å². The van der Waals surface area contributed by atoms with Gasteiger partial charge in [0.2, 0.25) is 5.13 Å². The van der Waals surface area contributed by atoms with E-state index in [0.717, 1.165) is 11.3 Å². The van der Waals surface area contributed by atoms with Crippen LogP contribution in [0.25, 0.3) is 0 Å². The number of anilines is 2. The van der Waals surface area contributed by atoms with Crippen molar-refractivity contribution in [3.8, 4) is 5.75 Å². The van der Waals surface area contributed by atoms with Crippen LogP contribution in [-0.4, -0.2) is 23.7 Å². The Labute approximate surface area is 182 Å². The molecule has 0 radical (unpaired) electrons. The lowest BCUT2D eigenvalue weighted by molar-refractivity contribution is 0.103. The first-order valence-electron chi connectivity index (χ1n) is 8.56. The number of carbonyl (C=O) groups is 1. The standard InChI is InChI=1S/C20H18Cl2N4O2S/c1-11(13-4-9-16(21)17(22)10-13)25-26-20-23-12(2)18(29-20)19(27)24-14-5-7-15(28-3)8-6-14/h4-10H,1-3H3,(H,23,26)(H,24,27)/b25-11+. The quantitative estimate of drug-likeness (QED) is 0.365.